The summed E-state index contributed by atoms with van der Waals surface area (Å²) in [6.45, 7) is 2.04. The van der Waals surface area contributed by atoms with Crippen LogP contribution in [0.4, 0.5) is 0 Å². The molecule has 0 fully saturated rings. The van der Waals surface area contributed by atoms with Crippen LogP contribution >= 0.6 is 0 Å². The summed E-state index contributed by atoms with van der Waals surface area (Å²) in [6.07, 6.45) is 2.32. The average Bonchev–Trinajstić information content (AvgIpc) is 3.05. The number of aromatic nitrogens is 4. The zero-order valence-corrected chi connectivity index (χ0v) is 16.7. The number of primary amides is 1. The molecule has 0 aliphatic carbocycles. The number of imidazole rings is 1. The molecule has 2 aromatic heterocycles. The van der Waals surface area contributed by atoms with Crippen molar-refractivity contribution in [1.82, 2.24) is 19.5 Å². The predicted molar refractivity (Wildman–Crippen MR) is 106 cm³/mol. The molecular formula is C19H23N5O5. The van der Waals surface area contributed by atoms with Gasteiger partial charge in [0.15, 0.2) is 22.8 Å². The summed E-state index contributed by atoms with van der Waals surface area (Å²) in [7, 11) is 4.45. The average molecular weight is 401 g/mol. The second kappa shape index (κ2) is 8.21. The summed E-state index contributed by atoms with van der Waals surface area (Å²) in [5, 5.41) is 0. The Morgan fingerprint density at radius 2 is 1.79 bits per heavy atom. The lowest BCUT2D eigenvalue weighted by atomic mass is 10.2. The Kier molecular flexibility index (Phi) is 5.71. The van der Waals surface area contributed by atoms with Gasteiger partial charge in [0.05, 0.1) is 27.0 Å². The summed E-state index contributed by atoms with van der Waals surface area (Å²) in [5.41, 5.74) is 5.81. The van der Waals surface area contributed by atoms with Gasteiger partial charge in [0.2, 0.25) is 5.75 Å². The monoisotopic (exact) mass is 401 g/mol. The second-order valence-corrected chi connectivity index (χ2v) is 6.30. The summed E-state index contributed by atoms with van der Waals surface area (Å²) < 4.78 is 17.4. The first-order valence-electron chi connectivity index (χ1n) is 9.06. The van der Waals surface area contributed by atoms with E-state index in [1.807, 2.05) is 6.92 Å². The highest BCUT2D eigenvalue weighted by molar-refractivity contribution is 6.01. The molecule has 29 heavy (non-hydrogen) atoms. The van der Waals surface area contributed by atoms with Gasteiger partial charge in [-0.15, -0.1) is 0 Å². The third-order valence-electron chi connectivity index (χ3n) is 4.48. The van der Waals surface area contributed by atoms with Gasteiger partial charge in [-0.25, -0.2) is 19.3 Å². The molecule has 0 spiro atoms. The molecule has 1 amide bonds. The quantitative estimate of drug-likeness (QED) is 0.585. The molecule has 0 unspecified atom stereocenters. The Morgan fingerprint density at radius 3 is 2.31 bits per heavy atom. The van der Waals surface area contributed by atoms with E-state index in [4.69, 9.17) is 19.9 Å². The molecule has 3 rings (SSSR count). The molecule has 10 nitrogen and oxygen atoms in total. The number of H-pyrrole nitrogens is 1. The lowest BCUT2D eigenvalue weighted by molar-refractivity contribution is 0.0996. The molecule has 0 radical (unpaired) electrons. The van der Waals surface area contributed by atoms with Gasteiger partial charge >= 0.3 is 5.69 Å². The Hall–Kier alpha value is -3.56. The van der Waals surface area contributed by atoms with Crippen LogP contribution in [-0.2, 0) is 6.42 Å². The van der Waals surface area contributed by atoms with Crippen LogP contribution in [-0.4, -0.2) is 46.8 Å². The smallest absolute Gasteiger partial charge is 0.332 e. The molecule has 2 heterocycles. The van der Waals surface area contributed by atoms with Gasteiger partial charge in [-0.1, -0.05) is 13.3 Å². The molecule has 3 aromatic rings. The Labute approximate surface area is 166 Å². The van der Waals surface area contributed by atoms with E-state index < -0.39 is 11.6 Å². The number of unbranched alkanes of at least 4 members (excludes halogenated alkanes) is 1. The molecule has 0 atom stereocenters. The summed E-state index contributed by atoms with van der Waals surface area (Å²) >= 11 is 0. The number of fused-ring (bicyclic) bond motifs is 1. The number of carbonyl (C=O) groups excluding carboxylic acids is 1. The maximum atomic E-state index is 12.8. The fraction of sp³-hybridized carbons (Fsp3) is 0.368. The van der Waals surface area contributed by atoms with Crippen molar-refractivity contribution in [3.8, 4) is 22.9 Å². The molecule has 0 aliphatic heterocycles. The number of hydrogen-bond acceptors (Lipinski definition) is 7. The van der Waals surface area contributed by atoms with Gasteiger partial charge in [-0.2, -0.15) is 0 Å². The Morgan fingerprint density at radius 1 is 1.14 bits per heavy atom. The molecule has 3 N–H and O–H groups in total. The van der Waals surface area contributed by atoms with Gasteiger partial charge in [0.1, 0.15) is 11.3 Å². The van der Waals surface area contributed by atoms with E-state index in [9.17, 15) is 9.59 Å². The zero-order valence-electron chi connectivity index (χ0n) is 16.7. The van der Waals surface area contributed by atoms with Gasteiger partial charge < -0.3 is 24.9 Å². The molecule has 154 valence electrons. The number of nitrogens with two attached hydrogens (primary N) is 1. The lowest BCUT2D eigenvalue weighted by Crippen LogP contribution is -2.16. The fourth-order valence-corrected chi connectivity index (χ4v) is 3.09. The van der Waals surface area contributed by atoms with Crippen molar-refractivity contribution in [3.63, 3.8) is 0 Å². The SMILES string of the molecule is CCCCc1nc(C(N)=O)c2[nH]c(=O)n(-c3cc(OC)c(OC)c(OC)c3)c2n1. The lowest BCUT2D eigenvalue weighted by Gasteiger charge is -2.14. The number of methoxy groups -OCH3 is 3. The van der Waals surface area contributed by atoms with Gasteiger partial charge in [-0.3, -0.25) is 4.79 Å². The summed E-state index contributed by atoms with van der Waals surface area (Å²) in [6, 6.07) is 3.24. The largest absolute Gasteiger partial charge is 0.493 e. The fourth-order valence-electron chi connectivity index (χ4n) is 3.09. The molecule has 0 bridgehead atoms. The van der Waals surface area contributed by atoms with Crippen LogP contribution in [0.2, 0.25) is 0 Å². The van der Waals surface area contributed by atoms with Crippen LogP contribution in [0.25, 0.3) is 16.9 Å². The van der Waals surface area contributed by atoms with Crippen molar-refractivity contribution in [2.24, 2.45) is 5.73 Å². The van der Waals surface area contributed by atoms with E-state index in [1.54, 1.807) is 12.1 Å². The van der Waals surface area contributed by atoms with E-state index in [-0.39, 0.29) is 16.9 Å². The Bertz CT molecular complexity index is 1090. The van der Waals surface area contributed by atoms with Gasteiger partial charge in [-0.05, 0) is 6.42 Å². The second-order valence-electron chi connectivity index (χ2n) is 6.30. The van der Waals surface area contributed by atoms with Gasteiger partial charge in [0, 0.05) is 18.6 Å². The Balaban J connectivity index is 2.32. The number of hydrogen-bond donors (Lipinski definition) is 2. The van der Waals surface area contributed by atoms with Crippen molar-refractivity contribution in [2.45, 2.75) is 26.2 Å². The van der Waals surface area contributed by atoms with Crippen molar-refractivity contribution in [3.05, 3.63) is 34.1 Å². The highest BCUT2D eigenvalue weighted by Gasteiger charge is 2.22. The third-order valence-corrected chi connectivity index (χ3v) is 4.48. The number of ether oxygens (including phenoxy) is 3. The molecular weight excluding hydrogens is 378 g/mol. The minimum absolute atomic E-state index is 0.0237. The topological polar surface area (TPSA) is 134 Å². The van der Waals surface area contributed by atoms with Crippen molar-refractivity contribution >= 4 is 17.1 Å². The number of nitrogens with one attached hydrogen (secondary N) is 1. The number of nitrogens with zero attached hydrogens (tertiary/aromatic N) is 3. The van der Waals surface area contributed by atoms with Gasteiger partial charge in [0.25, 0.3) is 5.91 Å². The molecule has 0 saturated heterocycles. The number of rotatable bonds is 8. The summed E-state index contributed by atoms with van der Waals surface area (Å²) in [5.74, 6) is 0.835. The van der Waals surface area contributed by atoms with Crippen LogP contribution in [0.1, 0.15) is 36.1 Å². The normalized spacial score (nSPS) is 10.9. The van der Waals surface area contributed by atoms with Crippen LogP contribution < -0.4 is 25.6 Å². The van der Waals surface area contributed by atoms with Crippen LogP contribution in [0, 0.1) is 0 Å². The van der Waals surface area contributed by atoms with E-state index in [0.717, 1.165) is 12.8 Å². The maximum absolute atomic E-state index is 12.8. The molecule has 10 heteroatoms. The van der Waals surface area contributed by atoms with E-state index in [0.29, 0.717) is 35.2 Å². The highest BCUT2D eigenvalue weighted by Crippen LogP contribution is 2.39. The molecule has 0 aliphatic rings. The number of carbonyl (C=O) groups is 1. The van der Waals surface area contributed by atoms with Crippen LogP contribution in [0.3, 0.4) is 0 Å². The van der Waals surface area contributed by atoms with Crippen molar-refractivity contribution < 1.29 is 19.0 Å². The predicted octanol–water partition coefficient (Wildman–Crippen LogP) is 1.58. The van der Waals surface area contributed by atoms with E-state index in [1.165, 1.54) is 25.9 Å². The minimum atomic E-state index is -0.742. The highest BCUT2D eigenvalue weighted by atomic mass is 16.5. The van der Waals surface area contributed by atoms with Crippen LogP contribution in [0.5, 0.6) is 17.2 Å². The number of aromatic amines is 1. The van der Waals surface area contributed by atoms with Crippen molar-refractivity contribution in [2.75, 3.05) is 21.3 Å². The first-order chi connectivity index (χ1) is 13.9. The van der Waals surface area contributed by atoms with E-state index >= 15 is 0 Å². The van der Waals surface area contributed by atoms with E-state index in [2.05, 4.69) is 15.0 Å². The van der Waals surface area contributed by atoms with Crippen LogP contribution in [0.15, 0.2) is 16.9 Å². The standard InChI is InChI=1S/C19H23N5O5/c1-5-6-7-13-21-14(17(20)25)15-18(22-13)24(19(26)23-15)10-8-11(27-2)16(29-4)12(9-10)28-3/h8-9H,5-7H2,1-4H3,(H2,20,25)(H,23,26). The maximum Gasteiger partial charge on any atom is 0.332 e. The first-order valence-corrected chi connectivity index (χ1v) is 9.06. The molecule has 1 aromatic carbocycles. The summed E-state index contributed by atoms with van der Waals surface area (Å²) in [4.78, 5) is 36.1. The number of aryl methyl sites for hydroxylation is 1. The zero-order chi connectivity index (χ0) is 21.1. The minimum Gasteiger partial charge on any atom is -0.493 e. The number of benzene rings is 1. The molecule has 0 saturated carbocycles. The number of amides is 1. The van der Waals surface area contributed by atoms with Crippen molar-refractivity contribution in [1.29, 1.82) is 0 Å². The third kappa shape index (κ3) is 3.60. The first kappa shape index (κ1) is 20.2.